The number of fused-ring (bicyclic) bond motifs is 1. The van der Waals surface area contributed by atoms with Gasteiger partial charge in [0.2, 0.25) is 0 Å². The number of primary amides is 1. The molecule has 0 atom stereocenters. The maximum Gasteiger partial charge on any atom is 0.298 e. The number of nitrogens with two attached hydrogens (primary N) is 1. The zero-order valence-corrected chi connectivity index (χ0v) is 21.5. The van der Waals surface area contributed by atoms with Crippen LogP contribution in [0.4, 0.5) is 6.01 Å². The zero-order valence-electron chi connectivity index (χ0n) is 21.5. The molecule has 1 aliphatic rings. The normalized spacial score (nSPS) is 14.4. The summed E-state index contributed by atoms with van der Waals surface area (Å²) in [6.45, 7) is 10.3. The van der Waals surface area contributed by atoms with Crippen LogP contribution in [0.5, 0.6) is 17.2 Å². The highest BCUT2D eigenvalue weighted by molar-refractivity contribution is 5.77. The van der Waals surface area contributed by atoms with Crippen molar-refractivity contribution in [3.05, 3.63) is 42.0 Å². The van der Waals surface area contributed by atoms with Gasteiger partial charge >= 0.3 is 0 Å². The fourth-order valence-electron chi connectivity index (χ4n) is 4.33. The molecule has 1 fully saturated rings. The van der Waals surface area contributed by atoms with Crippen molar-refractivity contribution >= 4 is 23.0 Å². The minimum absolute atomic E-state index is 0.0516. The Morgan fingerprint density at radius 2 is 1.72 bits per heavy atom. The van der Waals surface area contributed by atoms with Gasteiger partial charge in [0.1, 0.15) is 22.8 Å². The lowest BCUT2D eigenvalue weighted by atomic mass is 10.0. The molecule has 0 spiro atoms. The number of anilines is 1. The molecule has 194 valence electrons. The van der Waals surface area contributed by atoms with E-state index in [4.69, 9.17) is 29.3 Å². The second-order valence-electron chi connectivity index (χ2n) is 9.64. The lowest BCUT2D eigenvalue weighted by Gasteiger charge is -2.33. The van der Waals surface area contributed by atoms with Gasteiger partial charge in [0.05, 0.1) is 12.2 Å². The standard InChI is InChI=1S/C27H36N4O5/c1-17(2)34-22-11-19(12-23(13-22)35-18(3)4)15-31(20-7-9-29-10-8-20)27-30-24-14-21(33-16-26(28)32)5-6-25(24)36-27/h5-6,11-14,17-18,20,29H,7-10,15-16H2,1-4H3,(H2,28,32). The largest absolute Gasteiger partial charge is 0.491 e. The molecule has 0 bridgehead atoms. The highest BCUT2D eigenvalue weighted by atomic mass is 16.5. The molecule has 2 heterocycles. The molecular formula is C27H36N4O5. The molecule has 0 aliphatic carbocycles. The Kier molecular flexibility index (Phi) is 8.20. The van der Waals surface area contributed by atoms with Crippen molar-refractivity contribution in [2.24, 2.45) is 5.73 Å². The first-order valence-corrected chi connectivity index (χ1v) is 12.5. The SMILES string of the molecule is CC(C)Oc1cc(CN(c2nc3cc(OCC(N)=O)ccc3o2)C2CCNCC2)cc(OC(C)C)c1. The van der Waals surface area contributed by atoms with Gasteiger partial charge in [0.15, 0.2) is 12.2 Å². The van der Waals surface area contributed by atoms with E-state index in [1.165, 1.54) is 0 Å². The number of rotatable bonds is 11. The third kappa shape index (κ3) is 6.81. The highest BCUT2D eigenvalue weighted by Crippen LogP contribution is 2.32. The predicted octanol–water partition coefficient (Wildman–Crippen LogP) is 4.02. The minimum atomic E-state index is -0.530. The maximum atomic E-state index is 11.1. The third-order valence-electron chi connectivity index (χ3n) is 5.76. The van der Waals surface area contributed by atoms with E-state index in [9.17, 15) is 4.79 Å². The molecule has 9 heteroatoms. The van der Waals surface area contributed by atoms with E-state index in [0.29, 0.717) is 29.4 Å². The number of nitrogens with one attached hydrogen (secondary N) is 1. The van der Waals surface area contributed by atoms with Gasteiger partial charge in [-0.05, 0) is 83.5 Å². The first kappa shape index (κ1) is 25.6. The lowest BCUT2D eigenvalue weighted by Crippen LogP contribution is -2.43. The smallest absolute Gasteiger partial charge is 0.298 e. The number of amides is 1. The van der Waals surface area contributed by atoms with Crippen LogP contribution in [0, 0.1) is 0 Å². The minimum Gasteiger partial charge on any atom is -0.491 e. The number of oxazole rings is 1. The Hall–Kier alpha value is -3.46. The van der Waals surface area contributed by atoms with Crippen molar-refractivity contribution in [3.8, 4) is 17.2 Å². The van der Waals surface area contributed by atoms with Crippen molar-refractivity contribution in [2.45, 2.75) is 65.3 Å². The van der Waals surface area contributed by atoms with Crippen LogP contribution < -0.4 is 30.2 Å². The summed E-state index contributed by atoms with van der Waals surface area (Å²) in [7, 11) is 0. The van der Waals surface area contributed by atoms with Crippen molar-refractivity contribution < 1.29 is 23.4 Å². The maximum absolute atomic E-state index is 11.1. The Morgan fingerprint density at radius 1 is 1.06 bits per heavy atom. The number of hydrogen-bond donors (Lipinski definition) is 2. The monoisotopic (exact) mass is 496 g/mol. The lowest BCUT2D eigenvalue weighted by molar-refractivity contribution is -0.119. The molecule has 1 aromatic heterocycles. The first-order valence-electron chi connectivity index (χ1n) is 12.5. The number of piperidine rings is 1. The number of aromatic nitrogens is 1. The molecule has 0 saturated carbocycles. The summed E-state index contributed by atoms with van der Waals surface area (Å²) in [6.07, 6.45) is 2.05. The van der Waals surface area contributed by atoms with Crippen LogP contribution in [0.2, 0.25) is 0 Å². The van der Waals surface area contributed by atoms with E-state index in [1.807, 2.05) is 33.8 Å². The molecule has 1 amide bonds. The van der Waals surface area contributed by atoms with Crippen molar-refractivity contribution in [1.29, 1.82) is 0 Å². The number of carbonyl (C=O) groups is 1. The summed E-state index contributed by atoms with van der Waals surface area (Å²) in [5, 5.41) is 3.43. The number of nitrogens with zero attached hydrogens (tertiary/aromatic N) is 2. The average molecular weight is 497 g/mol. The fraction of sp³-hybridized carbons (Fsp3) is 0.481. The van der Waals surface area contributed by atoms with Gasteiger partial charge in [-0.25, -0.2) is 0 Å². The van der Waals surface area contributed by atoms with E-state index in [1.54, 1.807) is 18.2 Å². The molecule has 0 unspecified atom stereocenters. The summed E-state index contributed by atoms with van der Waals surface area (Å²) >= 11 is 0. The summed E-state index contributed by atoms with van der Waals surface area (Å²) in [6, 6.07) is 12.2. The van der Waals surface area contributed by atoms with Gasteiger partial charge in [0, 0.05) is 24.7 Å². The van der Waals surface area contributed by atoms with E-state index >= 15 is 0 Å². The van der Waals surface area contributed by atoms with Crippen molar-refractivity contribution in [2.75, 3.05) is 24.6 Å². The molecule has 36 heavy (non-hydrogen) atoms. The Balaban J connectivity index is 1.66. The van der Waals surface area contributed by atoms with Gasteiger partial charge in [-0.3, -0.25) is 4.79 Å². The average Bonchev–Trinajstić information content (AvgIpc) is 3.24. The summed E-state index contributed by atoms with van der Waals surface area (Å²) in [4.78, 5) is 18.1. The number of hydrogen-bond acceptors (Lipinski definition) is 8. The van der Waals surface area contributed by atoms with Crippen LogP contribution in [-0.2, 0) is 11.3 Å². The molecule has 4 rings (SSSR count). The van der Waals surface area contributed by atoms with E-state index in [2.05, 4.69) is 22.3 Å². The second-order valence-corrected chi connectivity index (χ2v) is 9.64. The topological polar surface area (TPSA) is 112 Å². The second kappa shape index (κ2) is 11.5. The van der Waals surface area contributed by atoms with E-state index < -0.39 is 5.91 Å². The first-order chi connectivity index (χ1) is 17.3. The van der Waals surface area contributed by atoms with Gasteiger partial charge in [0.25, 0.3) is 11.9 Å². The van der Waals surface area contributed by atoms with Crippen LogP contribution >= 0.6 is 0 Å². The van der Waals surface area contributed by atoms with Crippen molar-refractivity contribution in [3.63, 3.8) is 0 Å². The Bertz CT molecular complexity index is 1140. The van der Waals surface area contributed by atoms with Crippen LogP contribution in [0.3, 0.4) is 0 Å². The summed E-state index contributed by atoms with van der Waals surface area (Å²) < 4.78 is 23.7. The molecule has 1 aliphatic heterocycles. The van der Waals surface area contributed by atoms with Gasteiger partial charge in [-0.2, -0.15) is 4.98 Å². The van der Waals surface area contributed by atoms with E-state index in [-0.39, 0.29) is 24.9 Å². The van der Waals surface area contributed by atoms with Crippen molar-refractivity contribution in [1.82, 2.24) is 10.3 Å². The highest BCUT2D eigenvalue weighted by Gasteiger charge is 2.26. The third-order valence-corrected chi connectivity index (χ3v) is 5.76. The van der Waals surface area contributed by atoms with Crippen LogP contribution in [-0.4, -0.2) is 48.8 Å². The molecule has 1 saturated heterocycles. The van der Waals surface area contributed by atoms with Gasteiger partial charge < -0.3 is 34.6 Å². The van der Waals surface area contributed by atoms with Crippen LogP contribution in [0.25, 0.3) is 11.1 Å². The van der Waals surface area contributed by atoms with Crippen LogP contribution in [0.15, 0.2) is 40.8 Å². The van der Waals surface area contributed by atoms with Gasteiger partial charge in [-0.1, -0.05) is 0 Å². The summed E-state index contributed by atoms with van der Waals surface area (Å²) in [5.41, 5.74) is 7.56. The fourth-order valence-corrected chi connectivity index (χ4v) is 4.33. The quantitative estimate of drug-likeness (QED) is 0.409. The molecular weight excluding hydrogens is 460 g/mol. The van der Waals surface area contributed by atoms with Crippen LogP contribution in [0.1, 0.15) is 46.1 Å². The number of ether oxygens (including phenoxy) is 3. The Labute approximate surface area is 211 Å². The van der Waals surface area contributed by atoms with Gasteiger partial charge in [-0.15, -0.1) is 0 Å². The molecule has 0 radical (unpaired) electrons. The van der Waals surface area contributed by atoms with E-state index in [0.717, 1.165) is 43.0 Å². The molecule has 2 aromatic carbocycles. The number of carbonyl (C=O) groups excluding carboxylic acids is 1. The molecule has 3 N–H and O–H groups in total. The predicted molar refractivity (Wildman–Crippen MR) is 139 cm³/mol. The Morgan fingerprint density at radius 3 is 2.33 bits per heavy atom. The summed E-state index contributed by atoms with van der Waals surface area (Å²) in [5.74, 6) is 1.54. The molecule has 9 nitrogen and oxygen atoms in total. The number of benzene rings is 2. The molecule has 3 aromatic rings. The zero-order chi connectivity index (χ0) is 25.7.